The average Bonchev–Trinajstić information content (AvgIpc) is 2.56. The molecule has 1 heterocycles. The van der Waals surface area contributed by atoms with Crippen molar-refractivity contribution in [1.29, 1.82) is 0 Å². The molecule has 7 heteroatoms. The van der Waals surface area contributed by atoms with E-state index in [4.69, 9.17) is 0 Å². The number of nitrogens with one attached hydrogen (secondary N) is 2. The Morgan fingerprint density at radius 3 is 2.73 bits per heavy atom. The quantitative estimate of drug-likeness (QED) is 0.737. The second-order valence-electron chi connectivity index (χ2n) is 2.83. The number of halogens is 1. The average molecular weight is 322 g/mol. The van der Waals surface area contributed by atoms with Gasteiger partial charge in [0.25, 0.3) is 5.91 Å². The molecule has 15 heavy (non-hydrogen) atoms. The minimum absolute atomic E-state index is 0.0275. The fourth-order valence-electron chi connectivity index (χ4n) is 0.919. The van der Waals surface area contributed by atoms with Gasteiger partial charge in [0.15, 0.2) is 0 Å². The maximum absolute atomic E-state index is 11.5. The van der Waals surface area contributed by atoms with Gasteiger partial charge in [-0.2, -0.15) is 5.10 Å². The summed E-state index contributed by atoms with van der Waals surface area (Å²) in [6, 6.07) is 0. The molecule has 0 aliphatic rings. The third-order valence-electron chi connectivity index (χ3n) is 1.80. The van der Waals surface area contributed by atoms with Gasteiger partial charge in [-0.25, -0.2) is 0 Å². The van der Waals surface area contributed by atoms with Crippen molar-refractivity contribution in [2.24, 2.45) is 7.05 Å². The van der Waals surface area contributed by atoms with Gasteiger partial charge in [0, 0.05) is 14.1 Å². The summed E-state index contributed by atoms with van der Waals surface area (Å²) in [5.41, 5.74) is 0.474. The molecule has 1 rings (SSSR count). The highest BCUT2D eigenvalue weighted by Gasteiger charge is 2.14. The highest BCUT2D eigenvalue weighted by atomic mass is 127. The van der Waals surface area contributed by atoms with Crippen LogP contribution in [0.5, 0.6) is 0 Å². The number of hydrogen-bond acceptors (Lipinski definition) is 3. The number of likely N-dealkylation sites (N-methyl/N-ethyl adjacent to an activating group) is 1. The maximum atomic E-state index is 11.5. The van der Waals surface area contributed by atoms with Gasteiger partial charge in [0.05, 0.1) is 18.3 Å². The molecule has 0 saturated heterocycles. The molecule has 1 aromatic heterocycles. The fraction of sp³-hybridized carbons (Fsp3) is 0.375. The number of carbonyl (C=O) groups excluding carboxylic acids is 2. The minimum atomic E-state index is -0.295. The monoisotopic (exact) mass is 322 g/mol. The van der Waals surface area contributed by atoms with Crippen LogP contribution >= 0.6 is 22.6 Å². The minimum Gasteiger partial charge on any atom is -0.358 e. The zero-order valence-electron chi connectivity index (χ0n) is 8.37. The molecular weight excluding hydrogens is 311 g/mol. The Bertz CT molecular complexity index is 388. The first-order chi connectivity index (χ1) is 7.06. The van der Waals surface area contributed by atoms with Crippen LogP contribution in [-0.4, -0.2) is 35.2 Å². The Hall–Kier alpha value is -1.12. The Balaban J connectivity index is 2.62. The van der Waals surface area contributed by atoms with Crippen LogP contribution in [0.25, 0.3) is 0 Å². The Kier molecular flexibility index (Phi) is 4.06. The zero-order valence-corrected chi connectivity index (χ0v) is 10.5. The predicted molar refractivity (Wildman–Crippen MR) is 62.3 cm³/mol. The summed E-state index contributed by atoms with van der Waals surface area (Å²) >= 11 is 2.02. The van der Waals surface area contributed by atoms with E-state index in [9.17, 15) is 9.59 Å². The van der Waals surface area contributed by atoms with Crippen molar-refractivity contribution in [2.75, 3.05) is 13.6 Å². The van der Waals surface area contributed by atoms with E-state index in [0.29, 0.717) is 5.56 Å². The molecule has 6 nitrogen and oxygen atoms in total. The van der Waals surface area contributed by atoms with E-state index in [1.54, 1.807) is 11.7 Å². The lowest BCUT2D eigenvalue weighted by atomic mass is 10.3. The number of aryl methyl sites for hydroxylation is 1. The topological polar surface area (TPSA) is 76.0 Å². The standard InChI is InChI=1S/C8H11IN4O2/c1-10-6(14)4-11-8(15)5-3-12-13(2)7(5)9/h3H,4H2,1-2H3,(H,10,14)(H,11,15). The van der Waals surface area contributed by atoms with Crippen molar-refractivity contribution < 1.29 is 9.59 Å². The van der Waals surface area contributed by atoms with Crippen molar-refractivity contribution in [2.45, 2.75) is 0 Å². The fourth-order valence-corrected chi connectivity index (χ4v) is 1.43. The van der Waals surface area contributed by atoms with Gasteiger partial charge >= 0.3 is 0 Å². The van der Waals surface area contributed by atoms with Gasteiger partial charge in [-0.05, 0) is 22.6 Å². The van der Waals surface area contributed by atoms with Crippen LogP contribution in [0.15, 0.2) is 6.20 Å². The molecule has 2 N–H and O–H groups in total. The number of amides is 2. The van der Waals surface area contributed by atoms with E-state index in [0.717, 1.165) is 3.70 Å². The van der Waals surface area contributed by atoms with E-state index < -0.39 is 0 Å². The van der Waals surface area contributed by atoms with Gasteiger partial charge < -0.3 is 10.6 Å². The molecular formula is C8H11IN4O2. The Morgan fingerprint density at radius 2 is 2.27 bits per heavy atom. The molecule has 0 unspecified atom stereocenters. The molecule has 0 fully saturated rings. The van der Waals surface area contributed by atoms with Gasteiger partial charge in [-0.1, -0.05) is 0 Å². The van der Waals surface area contributed by atoms with E-state index >= 15 is 0 Å². The molecule has 0 atom stereocenters. The van der Waals surface area contributed by atoms with Crippen LogP contribution in [-0.2, 0) is 11.8 Å². The summed E-state index contributed by atoms with van der Waals surface area (Å²) in [5, 5.41) is 8.84. The largest absolute Gasteiger partial charge is 0.358 e. The third kappa shape index (κ3) is 2.91. The predicted octanol–water partition coefficient (Wildman–Crippen LogP) is -0.500. The van der Waals surface area contributed by atoms with E-state index in [-0.39, 0.29) is 18.4 Å². The number of hydrogen-bond donors (Lipinski definition) is 2. The SMILES string of the molecule is CNC(=O)CNC(=O)c1cnn(C)c1I. The highest BCUT2D eigenvalue weighted by molar-refractivity contribution is 14.1. The molecule has 0 aliphatic heterocycles. The molecule has 0 aromatic carbocycles. The Morgan fingerprint density at radius 1 is 1.60 bits per heavy atom. The lowest BCUT2D eigenvalue weighted by molar-refractivity contribution is -0.119. The first kappa shape index (κ1) is 12.0. The molecule has 0 aliphatic carbocycles. The third-order valence-corrected chi connectivity index (χ3v) is 3.08. The van der Waals surface area contributed by atoms with Crippen molar-refractivity contribution >= 4 is 34.4 Å². The van der Waals surface area contributed by atoms with Crippen LogP contribution in [0.3, 0.4) is 0 Å². The van der Waals surface area contributed by atoms with Crippen molar-refractivity contribution in [3.63, 3.8) is 0 Å². The first-order valence-corrected chi connectivity index (χ1v) is 5.30. The lowest BCUT2D eigenvalue weighted by Crippen LogP contribution is -2.35. The smallest absolute Gasteiger partial charge is 0.256 e. The van der Waals surface area contributed by atoms with Crippen molar-refractivity contribution in [3.8, 4) is 0 Å². The molecule has 2 amide bonds. The second kappa shape index (κ2) is 5.10. The normalized spacial score (nSPS) is 9.80. The summed E-state index contributed by atoms with van der Waals surface area (Å²) in [4.78, 5) is 22.4. The summed E-state index contributed by atoms with van der Waals surface area (Å²) in [6.07, 6.45) is 1.47. The summed E-state index contributed by atoms with van der Waals surface area (Å²) in [5.74, 6) is -0.529. The Labute approximate surface area is 101 Å². The number of rotatable bonds is 3. The van der Waals surface area contributed by atoms with Crippen molar-refractivity contribution in [1.82, 2.24) is 20.4 Å². The van der Waals surface area contributed by atoms with Crippen LogP contribution in [0.2, 0.25) is 0 Å². The molecule has 0 bridgehead atoms. The summed E-state index contributed by atoms with van der Waals surface area (Å²) < 4.78 is 2.33. The van der Waals surface area contributed by atoms with Crippen LogP contribution in [0.1, 0.15) is 10.4 Å². The van der Waals surface area contributed by atoms with Crippen LogP contribution in [0, 0.1) is 3.70 Å². The highest BCUT2D eigenvalue weighted by Crippen LogP contribution is 2.09. The van der Waals surface area contributed by atoms with E-state index in [1.165, 1.54) is 13.2 Å². The number of carbonyl (C=O) groups is 2. The lowest BCUT2D eigenvalue weighted by Gasteiger charge is -2.02. The van der Waals surface area contributed by atoms with Gasteiger partial charge in [0.1, 0.15) is 3.70 Å². The van der Waals surface area contributed by atoms with Gasteiger partial charge in [-0.3, -0.25) is 14.3 Å². The van der Waals surface area contributed by atoms with Gasteiger partial charge in [-0.15, -0.1) is 0 Å². The van der Waals surface area contributed by atoms with E-state index in [2.05, 4.69) is 15.7 Å². The molecule has 0 saturated carbocycles. The van der Waals surface area contributed by atoms with E-state index in [1.807, 2.05) is 22.6 Å². The summed E-state index contributed by atoms with van der Waals surface area (Å²) in [6.45, 7) is -0.0275. The summed E-state index contributed by atoms with van der Waals surface area (Å²) in [7, 11) is 3.26. The van der Waals surface area contributed by atoms with Crippen LogP contribution in [0.4, 0.5) is 0 Å². The zero-order chi connectivity index (χ0) is 11.4. The van der Waals surface area contributed by atoms with Crippen LogP contribution < -0.4 is 10.6 Å². The molecule has 0 radical (unpaired) electrons. The molecule has 1 aromatic rings. The molecule has 82 valence electrons. The molecule has 0 spiro atoms. The maximum Gasteiger partial charge on any atom is 0.256 e. The van der Waals surface area contributed by atoms with Crippen molar-refractivity contribution in [3.05, 3.63) is 15.5 Å². The second-order valence-corrected chi connectivity index (χ2v) is 3.85. The van der Waals surface area contributed by atoms with Gasteiger partial charge in [0.2, 0.25) is 5.91 Å². The first-order valence-electron chi connectivity index (χ1n) is 4.22. The number of nitrogens with zero attached hydrogens (tertiary/aromatic N) is 2. The number of aromatic nitrogens is 2.